The molecular formula is C18H23N3O5. The minimum atomic E-state index is -1.04. The quantitative estimate of drug-likeness (QED) is 0.793. The van der Waals surface area contributed by atoms with Crippen molar-refractivity contribution in [2.45, 2.75) is 31.8 Å². The molecule has 8 nitrogen and oxygen atoms in total. The van der Waals surface area contributed by atoms with Crippen LogP contribution < -0.4 is 0 Å². The Kier molecular flexibility index (Phi) is 5.82. The van der Waals surface area contributed by atoms with Crippen molar-refractivity contribution >= 4 is 17.8 Å². The monoisotopic (exact) mass is 361 g/mol. The molecule has 26 heavy (non-hydrogen) atoms. The second-order valence-corrected chi connectivity index (χ2v) is 6.70. The highest BCUT2D eigenvalue weighted by atomic mass is 16.5. The van der Waals surface area contributed by atoms with Crippen molar-refractivity contribution in [3.63, 3.8) is 0 Å². The number of rotatable bonds is 6. The summed E-state index contributed by atoms with van der Waals surface area (Å²) in [6.45, 7) is 1.36. The van der Waals surface area contributed by atoms with Crippen LogP contribution in [0.3, 0.4) is 0 Å². The minimum Gasteiger partial charge on any atom is -0.480 e. The number of carboxylic acid groups (broad SMARTS) is 1. The van der Waals surface area contributed by atoms with E-state index in [4.69, 9.17) is 4.74 Å². The second kappa shape index (κ2) is 8.27. The molecule has 1 aromatic rings. The van der Waals surface area contributed by atoms with E-state index in [1.807, 2.05) is 12.1 Å². The zero-order valence-electron chi connectivity index (χ0n) is 14.5. The van der Waals surface area contributed by atoms with Crippen molar-refractivity contribution in [3.05, 3.63) is 30.1 Å². The van der Waals surface area contributed by atoms with Crippen molar-refractivity contribution in [2.75, 3.05) is 26.3 Å². The number of carbonyl (C=O) groups is 3. The third-order valence-electron chi connectivity index (χ3n) is 4.86. The zero-order valence-corrected chi connectivity index (χ0v) is 14.5. The van der Waals surface area contributed by atoms with Crippen LogP contribution in [-0.4, -0.2) is 70.0 Å². The summed E-state index contributed by atoms with van der Waals surface area (Å²) < 4.78 is 5.31. The van der Waals surface area contributed by atoms with Gasteiger partial charge in [-0.05, 0) is 25.0 Å². The Morgan fingerprint density at radius 1 is 1.31 bits per heavy atom. The number of aliphatic carboxylic acids is 1. The first-order valence-corrected chi connectivity index (χ1v) is 8.82. The van der Waals surface area contributed by atoms with Crippen LogP contribution in [-0.2, 0) is 25.7 Å². The summed E-state index contributed by atoms with van der Waals surface area (Å²) in [6.07, 6.45) is 3.03. The molecule has 3 rings (SSSR count). The van der Waals surface area contributed by atoms with Crippen molar-refractivity contribution in [2.24, 2.45) is 5.92 Å². The molecule has 0 saturated carbocycles. The normalized spacial score (nSPS) is 21.0. The molecule has 3 heterocycles. The van der Waals surface area contributed by atoms with Gasteiger partial charge in [-0.15, -0.1) is 0 Å². The van der Waals surface area contributed by atoms with Crippen LogP contribution in [0.5, 0.6) is 0 Å². The van der Waals surface area contributed by atoms with Gasteiger partial charge in [0.05, 0.1) is 18.2 Å². The summed E-state index contributed by atoms with van der Waals surface area (Å²) in [5, 5.41) is 9.19. The molecule has 1 atom stereocenters. The first-order chi connectivity index (χ1) is 12.5. The van der Waals surface area contributed by atoms with E-state index in [2.05, 4.69) is 4.98 Å². The van der Waals surface area contributed by atoms with Gasteiger partial charge in [-0.2, -0.15) is 0 Å². The number of likely N-dealkylation sites (tertiary alicyclic amines) is 1. The summed E-state index contributed by atoms with van der Waals surface area (Å²) in [6, 6.07) is 5.35. The first kappa shape index (κ1) is 18.3. The molecule has 8 heteroatoms. The lowest BCUT2D eigenvalue weighted by molar-refractivity contribution is -0.149. The van der Waals surface area contributed by atoms with Crippen molar-refractivity contribution < 1.29 is 24.2 Å². The molecule has 0 bridgehead atoms. The molecule has 2 amide bonds. The van der Waals surface area contributed by atoms with Crippen LogP contribution in [0.15, 0.2) is 24.4 Å². The molecule has 2 fully saturated rings. The largest absolute Gasteiger partial charge is 0.480 e. The Balaban J connectivity index is 1.67. The number of hydrogen-bond acceptors (Lipinski definition) is 5. The van der Waals surface area contributed by atoms with E-state index in [1.54, 1.807) is 17.2 Å². The number of carboxylic acids is 1. The first-order valence-electron chi connectivity index (χ1n) is 8.82. The van der Waals surface area contributed by atoms with E-state index in [9.17, 15) is 19.5 Å². The van der Waals surface area contributed by atoms with E-state index < -0.39 is 11.9 Å². The SMILES string of the molecule is O=C(O)CN(C(=O)[C@@H]1CC(=O)N(Cc2ccccn2)C1)C1CCOCC1. The average molecular weight is 361 g/mol. The van der Waals surface area contributed by atoms with E-state index >= 15 is 0 Å². The number of ether oxygens (including phenoxy) is 1. The third-order valence-corrected chi connectivity index (χ3v) is 4.86. The van der Waals surface area contributed by atoms with Crippen molar-refractivity contribution in [1.29, 1.82) is 0 Å². The number of amides is 2. The molecule has 2 aliphatic heterocycles. The summed E-state index contributed by atoms with van der Waals surface area (Å²) in [5.41, 5.74) is 0.765. The number of nitrogens with zero attached hydrogens (tertiary/aromatic N) is 3. The molecule has 140 valence electrons. The van der Waals surface area contributed by atoms with Crippen LogP contribution in [0.4, 0.5) is 0 Å². The molecule has 0 aliphatic carbocycles. The smallest absolute Gasteiger partial charge is 0.323 e. The molecule has 2 saturated heterocycles. The summed E-state index contributed by atoms with van der Waals surface area (Å²) in [4.78, 5) is 43.7. The maximum Gasteiger partial charge on any atom is 0.323 e. The van der Waals surface area contributed by atoms with E-state index in [0.717, 1.165) is 5.69 Å². The van der Waals surface area contributed by atoms with Gasteiger partial charge in [0.25, 0.3) is 0 Å². The molecule has 1 aromatic heterocycles. The Bertz CT molecular complexity index is 660. The number of carbonyl (C=O) groups excluding carboxylic acids is 2. The summed E-state index contributed by atoms with van der Waals surface area (Å²) in [5.74, 6) is -1.90. The average Bonchev–Trinajstić information content (AvgIpc) is 3.01. The summed E-state index contributed by atoms with van der Waals surface area (Å²) in [7, 11) is 0. The van der Waals surface area contributed by atoms with Crippen LogP contribution in [0.2, 0.25) is 0 Å². The molecular weight excluding hydrogens is 338 g/mol. The van der Waals surface area contributed by atoms with Crippen LogP contribution in [0, 0.1) is 5.92 Å². The van der Waals surface area contributed by atoms with Gasteiger partial charge in [0.1, 0.15) is 6.54 Å². The minimum absolute atomic E-state index is 0.101. The fourth-order valence-corrected chi connectivity index (χ4v) is 3.54. The van der Waals surface area contributed by atoms with Crippen molar-refractivity contribution in [3.8, 4) is 0 Å². The molecule has 0 aromatic carbocycles. The number of hydrogen-bond donors (Lipinski definition) is 1. The van der Waals surface area contributed by atoms with Gasteiger partial charge in [0.15, 0.2) is 0 Å². The van der Waals surface area contributed by atoms with Gasteiger partial charge in [-0.1, -0.05) is 6.07 Å². The standard InChI is InChI=1S/C18H23N3O5/c22-16-9-13(10-20(16)11-14-3-1-2-6-19-14)18(25)21(12-17(23)24)15-4-7-26-8-5-15/h1-3,6,13,15H,4-5,7-12H2,(H,23,24)/t13-/m1/s1. The number of pyridine rings is 1. The van der Waals surface area contributed by atoms with Gasteiger partial charge in [0, 0.05) is 38.4 Å². The van der Waals surface area contributed by atoms with Crippen molar-refractivity contribution in [1.82, 2.24) is 14.8 Å². The Labute approximate surface area is 151 Å². The Morgan fingerprint density at radius 2 is 2.08 bits per heavy atom. The van der Waals surface area contributed by atoms with E-state index in [0.29, 0.717) is 39.1 Å². The van der Waals surface area contributed by atoms with Gasteiger partial charge in [-0.25, -0.2) is 0 Å². The maximum atomic E-state index is 13.0. The molecule has 0 unspecified atom stereocenters. The van der Waals surface area contributed by atoms with E-state index in [1.165, 1.54) is 4.90 Å². The Hall–Kier alpha value is -2.48. The number of aromatic nitrogens is 1. The van der Waals surface area contributed by atoms with Crippen LogP contribution in [0.1, 0.15) is 25.0 Å². The fraction of sp³-hybridized carbons (Fsp3) is 0.556. The third kappa shape index (κ3) is 4.37. The lowest BCUT2D eigenvalue weighted by atomic mass is 10.0. The maximum absolute atomic E-state index is 13.0. The lowest BCUT2D eigenvalue weighted by Crippen LogP contribution is -2.48. The van der Waals surface area contributed by atoms with Gasteiger partial charge in [0.2, 0.25) is 11.8 Å². The van der Waals surface area contributed by atoms with Gasteiger partial charge in [-0.3, -0.25) is 19.4 Å². The highest BCUT2D eigenvalue weighted by Gasteiger charge is 2.39. The van der Waals surface area contributed by atoms with Gasteiger partial charge < -0.3 is 19.6 Å². The highest BCUT2D eigenvalue weighted by Crippen LogP contribution is 2.24. The predicted octanol–water partition coefficient (Wildman–Crippen LogP) is 0.522. The second-order valence-electron chi connectivity index (χ2n) is 6.70. The summed E-state index contributed by atoms with van der Waals surface area (Å²) >= 11 is 0. The molecule has 0 spiro atoms. The topological polar surface area (TPSA) is 100 Å². The Morgan fingerprint density at radius 3 is 2.73 bits per heavy atom. The van der Waals surface area contributed by atoms with E-state index in [-0.39, 0.29) is 30.8 Å². The van der Waals surface area contributed by atoms with Crippen LogP contribution >= 0.6 is 0 Å². The lowest BCUT2D eigenvalue weighted by Gasteiger charge is -2.34. The molecule has 2 aliphatic rings. The molecule has 1 N–H and O–H groups in total. The zero-order chi connectivity index (χ0) is 18.5. The van der Waals surface area contributed by atoms with Gasteiger partial charge >= 0.3 is 5.97 Å². The van der Waals surface area contributed by atoms with Crippen LogP contribution in [0.25, 0.3) is 0 Å². The predicted molar refractivity (Wildman–Crippen MR) is 91.0 cm³/mol. The highest BCUT2D eigenvalue weighted by molar-refractivity contribution is 5.90. The molecule has 0 radical (unpaired) electrons. The fourth-order valence-electron chi connectivity index (χ4n) is 3.54.